The lowest BCUT2D eigenvalue weighted by Gasteiger charge is -2.41. The summed E-state index contributed by atoms with van der Waals surface area (Å²) in [4.78, 5) is 27.7. The minimum atomic E-state index is -0.648. The maximum atomic E-state index is 13.2. The molecule has 3 aromatic rings. The lowest BCUT2D eigenvalue weighted by atomic mass is 9.89. The number of carbonyl (C=O) groups excluding carboxylic acids is 2. The van der Waals surface area contributed by atoms with Crippen molar-refractivity contribution in [3.05, 3.63) is 65.5 Å². The van der Waals surface area contributed by atoms with Crippen LogP contribution >= 0.6 is 0 Å². The van der Waals surface area contributed by atoms with Crippen molar-refractivity contribution in [1.29, 1.82) is 0 Å². The number of fused-ring (bicyclic) bond motifs is 8. The maximum Gasteiger partial charge on any atom is 0.254 e. The zero-order valence-electron chi connectivity index (χ0n) is 16.9. The molecule has 2 saturated heterocycles. The number of nitrogens with zero attached hydrogens (tertiary/aromatic N) is 6. The molecule has 1 aromatic heterocycles. The van der Waals surface area contributed by atoms with E-state index in [2.05, 4.69) is 21.3 Å². The molecule has 150 valence electrons. The minimum absolute atomic E-state index is 0.162. The summed E-state index contributed by atoms with van der Waals surface area (Å²) in [5.74, 6) is -0.352. The molecule has 0 saturated carbocycles. The van der Waals surface area contributed by atoms with Gasteiger partial charge in [0.05, 0.1) is 23.3 Å². The average Bonchev–Trinajstić information content (AvgIpc) is 3.40. The minimum Gasteiger partial charge on any atom is -0.283 e. The van der Waals surface area contributed by atoms with Crippen molar-refractivity contribution in [2.45, 2.75) is 25.9 Å². The number of carbonyl (C=O) groups is 2. The summed E-state index contributed by atoms with van der Waals surface area (Å²) < 4.78 is 1.88. The molecule has 0 bridgehead atoms. The van der Waals surface area contributed by atoms with Crippen LogP contribution in [0.2, 0.25) is 0 Å². The molecule has 4 heterocycles. The van der Waals surface area contributed by atoms with Crippen LogP contribution in [-0.4, -0.2) is 44.6 Å². The number of hydrogen-bond donors (Lipinski definition) is 0. The first kappa shape index (κ1) is 17.2. The Morgan fingerprint density at radius 2 is 1.57 bits per heavy atom. The normalized spacial score (nSPS) is 24.1. The molecule has 3 aliphatic heterocycles. The Kier molecular flexibility index (Phi) is 3.26. The molecule has 8 heteroatoms. The number of benzene rings is 2. The van der Waals surface area contributed by atoms with E-state index in [-0.39, 0.29) is 17.9 Å². The number of imide groups is 1. The molecule has 2 fully saturated rings. The molecular formula is C22H20N6O2. The first-order valence-corrected chi connectivity index (χ1v) is 9.95. The molecule has 0 radical (unpaired) electrons. The monoisotopic (exact) mass is 400 g/mol. The Balaban J connectivity index is 1.65. The van der Waals surface area contributed by atoms with Gasteiger partial charge in [-0.15, -0.1) is 10.2 Å². The molecule has 8 nitrogen and oxygen atoms in total. The van der Waals surface area contributed by atoms with Crippen LogP contribution in [0.1, 0.15) is 22.7 Å². The van der Waals surface area contributed by atoms with Gasteiger partial charge in [-0.1, -0.05) is 35.9 Å². The van der Waals surface area contributed by atoms with Gasteiger partial charge in [0, 0.05) is 7.05 Å². The van der Waals surface area contributed by atoms with Gasteiger partial charge in [-0.2, -0.15) is 0 Å². The number of hydrogen-bond acceptors (Lipinski definition) is 6. The molecule has 0 spiro atoms. The van der Waals surface area contributed by atoms with Gasteiger partial charge in [-0.3, -0.25) is 24.1 Å². The van der Waals surface area contributed by atoms with E-state index in [4.69, 9.17) is 0 Å². The summed E-state index contributed by atoms with van der Waals surface area (Å²) in [6, 6.07) is 13.4. The summed E-state index contributed by atoms with van der Waals surface area (Å²) in [6.07, 6.45) is 1.65. The van der Waals surface area contributed by atoms with Gasteiger partial charge in [-0.05, 0) is 37.1 Å². The summed E-state index contributed by atoms with van der Waals surface area (Å²) in [5.41, 5.74) is 5.10. The summed E-state index contributed by atoms with van der Waals surface area (Å²) in [7, 11) is 1.56. The fraction of sp³-hybridized carbons (Fsp3) is 0.273. The molecule has 0 N–H and O–H groups in total. The molecule has 2 amide bonds. The van der Waals surface area contributed by atoms with Crippen LogP contribution in [0.25, 0.3) is 5.69 Å². The first-order valence-electron chi connectivity index (χ1n) is 9.95. The van der Waals surface area contributed by atoms with Gasteiger partial charge in [0.1, 0.15) is 12.4 Å². The number of aromatic nitrogens is 3. The number of aryl methyl sites for hydroxylation is 2. The molecule has 0 unspecified atom stereocenters. The average molecular weight is 400 g/mol. The summed E-state index contributed by atoms with van der Waals surface area (Å²) in [6.45, 7) is 4.07. The van der Waals surface area contributed by atoms with Crippen molar-refractivity contribution in [3.8, 4) is 5.69 Å². The van der Waals surface area contributed by atoms with Crippen LogP contribution in [-0.2, 0) is 9.59 Å². The van der Waals surface area contributed by atoms with Crippen molar-refractivity contribution < 1.29 is 9.59 Å². The number of rotatable bonds is 1. The van der Waals surface area contributed by atoms with Gasteiger partial charge < -0.3 is 0 Å². The number of hydrazine groups is 1. The lowest BCUT2D eigenvalue weighted by Crippen LogP contribution is -2.50. The van der Waals surface area contributed by atoms with Gasteiger partial charge in [-0.25, -0.2) is 5.01 Å². The van der Waals surface area contributed by atoms with E-state index in [1.807, 2.05) is 59.8 Å². The highest BCUT2D eigenvalue weighted by molar-refractivity contribution is 6.10. The van der Waals surface area contributed by atoms with Crippen LogP contribution < -0.4 is 10.0 Å². The predicted molar refractivity (Wildman–Crippen MR) is 110 cm³/mol. The number of anilines is 2. The second kappa shape index (κ2) is 5.69. The summed E-state index contributed by atoms with van der Waals surface area (Å²) >= 11 is 0. The highest BCUT2D eigenvalue weighted by Gasteiger charge is 2.63. The zero-order chi connectivity index (χ0) is 20.7. The fourth-order valence-electron chi connectivity index (χ4n) is 4.98. The molecule has 0 aliphatic carbocycles. The van der Waals surface area contributed by atoms with Crippen LogP contribution in [0.4, 0.5) is 11.6 Å². The van der Waals surface area contributed by atoms with E-state index in [1.165, 1.54) is 4.90 Å². The molecule has 30 heavy (non-hydrogen) atoms. The topological polar surface area (TPSA) is 74.6 Å². The van der Waals surface area contributed by atoms with Gasteiger partial charge in [0.15, 0.2) is 0 Å². The standard InChI is InChI=1S/C22H20N6O2/c1-12-4-7-14(8-5-12)18-17-19(21(30)25(3)20(17)29)28-22-24-23-11-26(22)15-9-6-13(2)10-16(15)27(18)28/h4-11,17-19H,1-3H3/t17-,18-,19+/m0/s1. The van der Waals surface area contributed by atoms with E-state index in [0.29, 0.717) is 5.95 Å². The summed E-state index contributed by atoms with van der Waals surface area (Å²) in [5, 5.41) is 12.4. The van der Waals surface area contributed by atoms with Gasteiger partial charge in [0.25, 0.3) is 11.9 Å². The van der Waals surface area contributed by atoms with Crippen molar-refractivity contribution >= 4 is 23.5 Å². The third-order valence-corrected chi connectivity index (χ3v) is 6.43. The third-order valence-electron chi connectivity index (χ3n) is 6.43. The van der Waals surface area contributed by atoms with E-state index < -0.39 is 12.0 Å². The van der Waals surface area contributed by atoms with Crippen LogP contribution in [0.5, 0.6) is 0 Å². The van der Waals surface area contributed by atoms with Gasteiger partial charge in [0.2, 0.25) is 5.91 Å². The van der Waals surface area contributed by atoms with Crippen LogP contribution in [0, 0.1) is 19.8 Å². The smallest absolute Gasteiger partial charge is 0.254 e. The predicted octanol–water partition coefficient (Wildman–Crippen LogP) is 2.16. The molecular weight excluding hydrogens is 380 g/mol. The van der Waals surface area contributed by atoms with Crippen molar-refractivity contribution in [3.63, 3.8) is 0 Å². The van der Waals surface area contributed by atoms with E-state index in [0.717, 1.165) is 28.1 Å². The quantitative estimate of drug-likeness (QED) is 0.583. The Labute approximate surface area is 173 Å². The van der Waals surface area contributed by atoms with Gasteiger partial charge >= 0.3 is 0 Å². The Bertz CT molecular complexity index is 1220. The zero-order valence-corrected chi connectivity index (χ0v) is 16.9. The number of amides is 2. The van der Waals surface area contributed by atoms with Crippen LogP contribution in [0.3, 0.4) is 0 Å². The van der Waals surface area contributed by atoms with E-state index in [1.54, 1.807) is 13.4 Å². The molecule has 2 aromatic carbocycles. The SMILES string of the molecule is Cc1ccc([C@H]2[C@@H]3C(=O)N(C)C(=O)[C@@H]3N3c4nncn4-c4ccc(C)cc4N23)cc1. The third kappa shape index (κ3) is 2.00. The number of likely N-dealkylation sites (tertiary alicyclic amines) is 1. The van der Waals surface area contributed by atoms with E-state index in [9.17, 15) is 9.59 Å². The Morgan fingerprint density at radius 3 is 2.33 bits per heavy atom. The van der Waals surface area contributed by atoms with Crippen molar-refractivity contribution in [1.82, 2.24) is 19.7 Å². The van der Waals surface area contributed by atoms with Crippen molar-refractivity contribution in [2.75, 3.05) is 17.1 Å². The Hall–Kier alpha value is -3.68. The second-order valence-corrected chi connectivity index (χ2v) is 8.24. The molecule has 6 rings (SSSR count). The largest absolute Gasteiger partial charge is 0.283 e. The fourth-order valence-corrected chi connectivity index (χ4v) is 4.98. The number of likely N-dealkylation sites (N-methyl/N-ethyl adjacent to an activating group) is 1. The van der Waals surface area contributed by atoms with Crippen molar-refractivity contribution in [2.24, 2.45) is 5.92 Å². The Morgan fingerprint density at radius 1 is 0.833 bits per heavy atom. The lowest BCUT2D eigenvalue weighted by molar-refractivity contribution is -0.138. The van der Waals surface area contributed by atoms with Crippen LogP contribution in [0.15, 0.2) is 48.8 Å². The molecule has 3 aliphatic rings. The molecule has 3 atom stereocenters. The highest BCUT2D eigenvalue weighted by Crippen LogP contribution is 2.53. The first-order chi connectivity index (χ1) is 14.5. The van der Waals surface area contributed by atoms with E-state index >= 15 is 0 Å². The highest BCUT2D eigenvalue weighted by atomic mass is 16.2. The maximum absolute atomic E-state index is 13.2. The second-order valence-electron chi connectivity index (χ2n) is 8.24.